The molecule has 0 bridgehead atoms. The van der Waals surface area contributed by atoms with E-state index in [-0.39, 0.29) is 18.4 Å². The second-order valence-electron chi connectivity index (χ2n) is 7.48. The number of ether oxygens (including phenoxy) is 2. The number of hydrogen-bond donors (Lipinski definition) is 1. The van der Waals surface area contributed by atoms with Gasteiger partial charge in [-0.05, 0) is 48.7 Å². The molecule has 4 rings (SSSR count). The molecule has 3 aromatic rings. The number of carbonyl (C=O) groups is 1. The number of nitrogens with zero attached hydrogens (tertiary/aromatic N) is 4. The van der Waals surface area contributed by atoms with Crippen molar-refractivity contribution >= 4 is 22.4 Å². The van der Waals surface area contributed by atoms with Crippen molar-refractivity contribution in [2.24, 2.45) is 0 Å². The number of pyridine rings is 1. The molecule has 1 saturated heterocycles. The lowest BCUT2D eigenvalue weighted by Crippen LogP contribution is -2.43. The maximum Gasteiger partial charge on any atom is 0.229 e. The number of nitrogen functional groups attached to an aromatic ring is 1. The SMILES string of the molecule is COc1cccc(Cc2cc(C)nc(C3CN(C(=O)Cc4nnc(N)s4)CCO3)c2)c1. The van der Waals surface area contributed by atoms with E-state index >= 15 is 0 Å². The monoisotopic (exact) mass is 439 g/mol. The number of rotatable bonds is 6. The molecular weight excluding hydrogens is 414 g/mol. The summed E-state index contributed by atoms with van der Waals surface area (Å²) < 4.78 is 11.3. The molecule has 1 fully saturated rings. The molecule has 3 heterocycles. The molecule has 2 aromatic heterocycles. The fraction of sp³-hybridized carbons (Fsp3) is 0.364. The van der Waals surface area contributed by atoms with Gasteiger partial charge in [0.1, 0.15) is 16.9 Å². The summed E-state index contributed by atoms with van der Waals surface area (Å²) in [5, 5.41) is 8.72. The first-order valence-corrected chi connectivity index (χ1v) is 10.9. The largest absolute Gasteiger partial charge is 0.497 e. The van der Waals surface area contributed by atoms with Gasteiger partial charge in [0.2, 0.25) is 11.0 Å². The highest BCUT2D eigenvalue weighted by molar-refractivity contribution is 7.15. The van der Waals surface area contributed by atoms with Gasteiger partial charge in [-0.25, -0.2) is 0 Å². The number of carbonyl (C=O) groups excluding carboxylic acids is 1. The van der Waals surface area contributed by atoms with Crippen molar-refractivity contribution in [2.75, 3.05) is 32.5 Å². The molecule has 0 aliphatic carbocycles. The molecule has 1 aliphatic heterocycles. The van der Waals surface area contributed by atoms with Crippen LogP contribution < -0.4 is 10.5 Å². The van der Waals surface area contributed by atoms with Crippen LogP contribution in [0.25, 0.3) is 0 Å². The minimum atomic E-state index is -0.263. The number of anilines is 1. The predicted octanol–water partition coefficient (Wildman–Crippen LogP) is 2.57. The quantitative estimate of drug-likeness (QED) is 0.629. The van der Waals surface area contributed by atoms with Gasteiger partial charge in [0.15, 0.2) is 0 Å². The van der Waals surface area contributed by atoms with E-state index in [1.54, 1.807) is 12.0 Å². The third kappa shape index (κ3) is 5.36. The first-order chi connectivity index (χ1) is 15.0. The molecule has 1 unspecified atom stereocenters. The van der Waals surface area contributed by atoms with E-state index in [0.29, 0.717) is 29.8 Å². The molecule has 162 valence electrons. The summed E-state index contributed by atoms with van der Waals surface area (Å²) in [6.07, 6.45) is 0.701. The van der Waals surface area contributed by atoms with Crippen molar-refractivity contribution in [1.29, 1.82) is 0 Å². The number of amides is 1. The van der Waals surface area contributed by atoms with E-state index in [2.05, 4.69) is 33.4 Å². The molecule has 1 aromatic carbocycles. The van der Waals surface area contributed by atoms with Gasteiger partial charge in [-0.2, -0.15) is 0 Å². The van der Waals surface area contributed by atoms with Crippen molar-refractivity contribution in [1.82, 2.24) is 20.1 Å². The average molecular weight is 440 g/mol. The van der Waals surface area contributed by atoms with Crippen LogP contribution in [0.5, 0.6) is 5.75 Å². The fourth-order valence-corrected chi connectivity index (χ4v) is 4.29. The Kier molecular flexibility index (Phi) is 6.43. The van der Waals surface area contributed by atoms with Crippen LogP contribution in [-0.2, 0) is 22.4 Å². The third-order valence-electron chi connectivity index (χ3n) is 5.11. The molecule has 0 radical (unpaired) electrons. The minimum absolute atomic E-state index is 0.00583. The standard InChI is InChI=1S/C22H25N5O3S/c1-14-8-16(9-15-4-3-5-17(10-15)29-2)11-18(24-14)19-13-27(6-7-30-19)21(28)12-20-25-26-22(23)31-20/h3-5,8,10-11,19H,6-7,9,12-13H2,1-2H3,(H2,23,26). The Morgan fingerprint density at radius 1 is 1.29 bits per heavy atom. The molecule has 2 N–H and O–H groups in total. The summed E-state index contributed by atoms with van der Waals surface area (Å²) in [5.74, 6) is 0.833. The van der Waals surface area contributed by atoms with Gasteiger partial charge < -0.3 is 20.1 Å². The minimum Gasteiger partial charge on any atom is -0.497 e. The third-order valence-corrected chi connectivity index (χ3v) is 5.86. The van der Waals surface area contributed by atoms with Crippen molar-refractivity contribution in [3.8, 4) is 5.75 Å². The second kappa shape index (κ2) is 9.40. The Hall–Kier alpha value is -3.04. The zero-order valence-electron chi connectivity index (χ0n) is 17.6. The van der Waals surface area contributed by atoms with E-state index in [0.717, 1.165) is 34.7 Å². The van der Waals surface area contributed by atoms with Crippen LogP contribution in [0.3, 0.4) is 0 Å². The summed E-state index contributed by atoms with van der Waals surface area (Å²) >= 11 is 1.24. The number of aromatic nitrogens is 3. The molecule has 0 saturated carbocycles. The Morgan fingerprint density at radius 2 is 2.16 bits per heavy atom. The molecule has 1 atom stereocenters. The van der Waals surface area contributed by atoms with Gasteiger partial charge in [0.25, 0.3) is 0 Å². The summed E-state index contributed by atoms with van der Waals surface area (Å²) in [6, 6.07) is 12.2. The number of methoxy groups -OCH3 is 1. The summed E-state index contributed by atoms with van der Waals surface area (Å²) in [7, 11) is 1.67. The molecule has 9 heteroatoms. The molecule has 0 spiro atoms. The first-order valence-electron chi connectivity index (χ1n) is 10.1. The van der Waals surface area contributed by atoms with E-state index in [1.165, 1.54) is 11.3 Å². The Labute approximate surface area is 185 Å². The van der Waals surface area contributed by atoms with E-state index < -0.39 is 0 Å². The van der Waals surface area contributed by atoms with Gasteiger partial charge in [-0.1, -0.05) is 23.5 Å². The van der Waals surface area contributed by atoms with Crippen molar-refractivity contribution in [2.45, 2.75) is 25.9 Å². The fourth-order valence-electron chi connectivity index (χ4n) is 3.69. The smallest absolute Gasteiger partial charge is 0.229 e. The lowest BCUT2D eigenvalue weighted by Gasteiger charge is -2.33. The zero-order chi connectivity index (χ0) is 21.8. The van der Waals surface area contributed by atoms with E-state index in [9.17, 15) is 4.79 Å². The van der Waals surface area contributed by atoms with Crippen molar-refractivity contribution in [3.05, 3.63) is 63.9 Å². The Morgan fingerprint density at radius 3 is 2.94 bits per heavy atom. The van der Waals surface area contributed by atoms with Gasteiger partial charge >= 0.3 is 0 Å². The lowest BCUT2D eigenvalue weighted by atomic mass is 10.0. The number of hydrogen-bond acceptors (Lipinski definition) is 8. The van der Waals surface area contributed by atoms with Crippen LogP contribution >= 0.6 is 11.3 Å². The van der Waals surface area contributed by atoms with Crippen molar-refractivity contribution < 1.29 is 14.3 Å². The van der Waals surface area contributed by atoms with Gasteiger partial charge in [0.05, 0.1) is 32.4 Å². The van der Waals surface area contributed by atoms with Crippen LogP contribution in [0, 0.1) is 6.92 Å². The number of benzene rings is 1. The molecule has 1 aliphatic rings. The Bertz CT molecular complexity index is 1070. The van der Waals surface area contributed by atoms with Gasteiger partial charge in [-0.3, -0.25) is 9.78 Å². The Balaban J connectivity index is 1.47. The number of morpholine rings is 1. The first kappa shape index (κ1) is 21.2. The number of nitrogens with two attached hydrogens (primary N) is 1. The maximum atomic E-state index is 12.7. The molecule has 8 nitrogen and oxygen atoms in total. The lowest BCUT2D eigenvalue weighted by molar-refractivity contribution is -0.138. The van der Waals surface area contributed by atoms with E-state index in [1.807, 2.05) is 25.1 Å². The average Bonchev–Trinajstić information content (AvgIpc) is 3.18. The highest BCUT2D eigenvalue weighted by Crippen LogP contribution is 2.25. The maximum absolute atomic E-state index is 12.7. The summed E-state index contributed by atoms with van der Waals surface area (Å²) in [4.78, 5) is 19.2. The summed E-state index contributed by atoms with van der Waals surface area (Å²) in [6.45, 7) is 3.45. The van der Waals surface area contributed by atoms with Crippen LogP contribution in [0.15, 0.2) is 36.4 Å². The van der Waals surface area contributed by atoms with Crippen LogP contribution in [0.1, 0.15) is 33.6 Å². The number of aryl methyl sites for hydroxylation is 1. The topological polar surface area (TPSA) is 103 Å². The van der Waals surface area contributed by atoms with Crippen LogP contribution in [0.2, 0.25) is 0 Å². The highest BCUT2D eigenvalue weighted by atomic mass is 32.1. The van der Waals surface area contributed by atoms with Crippen LogP contribution in [0.4, 0.5) is 5.13 Å². The summed E-state index contributed by atoms with van der Waals surface area (Å²) in [5.41, 5.74) is 9.69. The zero-order valence-corrected chi connectivity index (χ0v) is 18.4. The van der Waals surface area contributed by atoms with Gasteiger partial charge in [0, 0.05) is 12.2 Å². The normalized spacial score (nSPS) is 16.3. The predicted molar refractivity (Wildman–Crippen MR) is 118 cm³/mol. The molecular formula is C22H25N5O3S. The van der Waals surface area contributed by atoms with Crippen LogP contribution in [-0.4, -0.2) is 52.8 Å². The molecule has 31 heavy (non-hydrogen) atoms. The van der Waals surface area contributed by atoms with Gasteiger partial charge in [-0.15, -0.1) is 10.2 Å². The second-order valence-corrected chi connectivity index (χ2v) is 8.57. The molecule has 1 amide bonds. The van der Waals surface area contributed by atoms with Crippen molar-refractivity contribution in [3.63, 3.8) is 0 Å². The highest BCUT2D eigenvalue weighted by Gasteiger charge is 2.27. The van der Waals surface area contributed by atoms with E-state index in [4.69, 9.17) is 15.2 Å².